The molecule has 0 unspecified atom stereocenters. The molecule has 0 aliphatic carbocycles. The van der Waals surface area contributed by atoms with Gasteiger partial charge in [-0.1, -0.05) is 6.07 Å². The molecule has 2 nitrogen and oxygen atoms in total. The van der Waals surface area contributed by atoms with Crippen LogP contribution in [0.1, 0.15) is 32.3 Å². The van der Waals surface area contributed by atoms with E-state index in [1.165, 1.54) is 5.56 Å². The molecule has 1 aliphatic heterocycles. The van der Waals surface area contributed by atoms with Crippen molar-refractivity contribution in [2.24, 2.45) is 0 Å². The maximum atomic E-state index is 11.7. The Labute approximate surface area is 111 Å². The number of hydrogen-bond acceptors (Lipinski definition) is 2. The lowest BCUT2D eigenvalue weighted by Gasteiger charge is -2.44. The van der Waals surface area contributed by atoms with Crippen molar-refractivity contribution in [3.63, 3.8) is 0 Å². The molecule has 17 heavy (non-hydrogen) atoms. The second-order valence-electron chi connectivity index (χ2n) is 5.39. The third-order valence-corrected chi connectivity index (χ3v) is 4.11. The van der Waals surface area contributed by atoms with E-state index in [4.69, 9.17) is 0 Å². The molecule has 0 radical (unpaired) electrons. The smallest absolute Gasteiger partial charge is 0.152 e. The Morgan fingerprint density at radius 3 is 2.71 bits per heavy atom. The summed E-state index contributed by atoms with van der Waals surface area (Å²) in [5, 5.41) is 0. The molecule has 1 heterocycles. The van der Waals surface area contributed by atoms with Crippen molar-refractivity contribution in [1.29, 1.82) is 0 Å². The van der Waals surface area contributed by atoms with E-state index >= 15 is 0 Å². The lowest BCUT2D eigenvalue weighted by atomic mass is 9.89. The molecule has 3 heteroatoms. The number of ketones is 1. The Morgan fingerprint density at radius 1 is 1.35 bits per heavy atom. The fourth-order valence-corrected chi connectivity index (χ4v) is 3.00. The average molecular weight is 296 g/mol. The van der Waals surface area contributed by atoms with Crippen LogP contribution >= 0.6 is 15.9 Å². The van der Waals surface area contributed by atoms with E-state index in [1.54, 1.807) is 0 Å². The van der Waals surface area contributed by atoms with Gasteiger partial charge in [0, 0.05) is 16.4 Å². The zero-order valence-corrected chi connectivity index (χ0v) is 12.2. The van der Waals surface area contributed by atoms with Gasteiger partial charge in [0.15, 0.2) is 5.78 Å². The molecule has 0 amide bonds. The molecular formula is C14H18BrNO. The first-order chi connectivity index (χ1) is 7.90. The molecule has 1 saturated heterocycles. The number of piperidine rings is 1. The van der Waals surface area contributed by atoms with Crippen LogP contribution in [0.5, 0.6) is 0 Å². The first kappa shape index (κ1) is 12.6. The second-order valence-corrected chi connectivity index (χ2v) is 6.25. The van der Waals surface area contributed by atoms with Gasteiger partial charge >= 0.3 is 0 Å². The summed E-state index contributed by atoms with van der Waals surface area (Å²) in [5.41, 5.74) is 2.39. The number of hydrogen-bond donors (Lipinski definition) is 0. The highest BCUT2D eigenvalue weighted by molar-refractivity contribution is 9.10. The van der Waals surface area contributed by atoms with Crippen LogP contribution in [-0.2, 0) is 4.79 Å². The van der Waals surface area contributed by atoms with Crippen molar-refractivity contribution in [3.8, 4) is 0 Å². The molecule has 1 fully saturated rings. The standard InChI is InChI=1S/C14H18BrNO/c1-10-4-5-13(12(15)8-10)16-9-11(17)6-7-14(16,2)3/h4-5,8H,6-7,9H2,1-3H3. The van der Waals surface area contributed by atoms with Crippen molar-refractivity contribution in [2.45, 2.75) is 39.2 Å². The lowest BCUT2D eigenvalue weighted by molar-refractivity contribution is -0.119. The third-order valence-electron chi connectivity index (χ3n) is 3.47. The van der Waals surface area contributed by atoms with Crippen LogP contribution in [-0.4, -0.2) is 17.9 Å². The van der Waals surface area contributed by atoms with Gasteiger partial charge < -0.3 is 4.90 Å². The van der Waals surface area contributed by atoms with Crippen LogP contribution in [0, 0.1) is 6.92 Å². The summed E-state index contributed by atoms with van der Waals surface area (Å²) in [5.74, 6) is 0.330. The predicted octanol–water partition coefficient (Wildman–Crippen LogP) is 3.71. The quantitative estimate of drug-likeness (QED) is 0.787. The molecule has 0 bridgehead atoms. The van der Waals surface area contributed by atoms with E-state index in [0.717, 1.165) is 16.6 Å². The van der Waals surface area contributed by atoms with E-state index in [2.05, 4.69) is 59.8 Å². The molecule has 0 aromatic heterocycles. The van der Waals surface area contributed by atoms with Gasteiger partial charge in [0.05, 0.1) is 12.2 Å². The van der Waals surface area contributed by atoms with Crippen LogP contribution in [0.15, 0.2) is 22.7 Å². The normalized spacial score (nSPS) is 19.5. The summed E-state index contributed by atoms with van der Waals surface area (Å²) < 4.78 is 1.07. The van der Waals surface area contributed by atoms with Crippen molar-refractivity contribution in [3.05, 3.63) is 28.2 Å². The van der Waals surface area contributed by atoms with Gasteiger partial charge in [0.2, 0.25) is 0 Å². The van der Waals surface area contributed by atoms with Crippen molar-refractivity contribution < 1.29 is 4.79 Å². The maximum Gasteiger partial charge on any atom is 0.152 e. The number of carbonyl (C=O) groups is 1. The Morgan fingerprint density at radius 2 is 2.06 bits per heavy atom. The minimum Gasteiger partial charge on any atom is -0.358 e. The Bertz CT molecular complexity index is 454. The van der Waals surface area contributed by atoms with Gasteiger partial charge in [-0.05, 0) is 60.8 Å². The van der Waals surface area contributed by atoms with E-state index in [-0.39, 0.29) is 5.54 Å². The highest BCUT2D eigenvalue weighted by Crippen LogP contribution is 2.36. The van der Waals surface area contributed by atoms with Gasteiger partial charge in [-0.15, -0.1) is 0 Å². The minimum absolute atomic E-state index is 0.0473. The number of Topliss-reactive ketones (excluding diaryl/α,β-unsaturated/α-hetero) is 1. The number of anilines is 1. The Balaban J connectivity index is 2.39. The van der Waals surface area contributed by atoms with Crippen LogP contribution in [0.2, 0.25) is 0 Å². The molecule has 2 rings (SSSR count). The monoisotopic (exact) mass is 295 g/mol. The molecule has 1 aliphatic rings. The summed E-state index contributed by atoms with van der Waals surface area (Å²) in [6.07, 6.45) is 1.62. The summed E-state index contributed by atoms with van der Waals surface area (Å²) in [6, 6.07) is 6.29. The van der Waals surface area contributed by atoms with Crippen molar-refractivity contribution >= 4 is 27.4 Å². The van der Waals surface area contributed by atoms with Crippen LogP contribution < -0.4 is 4.90 Å². The highest BCUT2D eigenvalue weighted by Gasteiger charge is 2.34. The van der Waals surface area contributed by atoms with E-state index < -0.39 is 0 Å². The zero-order chi connectivity index (χ0) is 12.6. The molecule has 0 atom stereocenters. The number of rotatable bonds is 1. The average Bonchev–Trinajstić information content (AvgIpc) is 2.23. The summed E-state index contributed by atoms with van der Waals surface area (Å²) in [6.45, 7) is 6.99. The van der Waals surface area contributed by atoms with Gasteiger partial charge in [-0.25, -0.2) is 0 Å². The van der Waals surface area contributed by atoms with Crippen molar-refractivity contribution in [2.75, 3.05) is 11.4 Å². The minimum atomic E-state index is 0.0473. The molecule has 0 saturated carbocycles. The van der Waals surface area contributed by atoms with E-state index in [0.29, 0.717) is 18.7 Å². The molecular weight excluding hydrogens is 278 g/mol. The Hall–Kier alpha value is -0.830. The largest absolute Gasteiger partial charge is 0.358 e. The highest BCUT2D eigenvalue weighted by atomic mass is 79.9. The van der Waals surface area contributed by atoms with Crippen molar-refractivity contribution in [1.82, 2.24) is 0 Å². The van der Waals surface area contributed by atoms with E-state index in [9.17, 15) is 4.79 Å². The first-order valence-corrected chi connectivity index (χ1v) is 6.75. The van der Waals surface area contributed by atoms with Gasteiger partial charge in [0.25, 0.3) is 0 Å². The molecule has 1 aromatic carbocycles. The third kappa shape index (κ3) is 2.54. The lowest BCUT2D eigenvalue weighted by Crippen LogP contribution is -2.51. The van der Waals surface area contributed by atoms with Gasteiger partial charge in [-0.2, -0.15) is 0 Å². The fourth-order valence-electron chi connectivity index (χ4n) is 2.29. The Kier molecular flexibility index (Phi) is 3.30. The topological polar surface area (TPSA) is 20.3 Å². The van der Waals surface area contributed by atoms with Gasteiger partial charge in [-0.3, -0.25) is 4.79 Å². The molecule has 92 valence electrons. The number of aryl methyl sites for hydroxylation is 1. The van der Waals surface area contributed by atoms with E-state index in [1.807, 2.05) is 0 Å². The van der Waals surface area contributed by atoms with Crippen LogP contribution in [0.25, 0.3) is 0 Å². The van der Waals surface area contributed by atoms with Crippen LogP contribution in [0.3, 0.4) is 0 Å². The summed E-state index contributed by atoms with van der Waals surface area (Å²) >= 11 is 3.60. The summed E-state index contributed by atoms with van der Waals surface area (Å²) in [4.78, 5) is 13.9. The molecule has 0 spiro atoms. The fraction of sp³-hybridized carbons (Fsp3) is 0.500. The SMILES string of the molecule is Cc1ccc(N2CC(=O)CCC2(C)C)c(Br)c1. The molecule has 1 aromatic rings. The maximum absolute atomic E-state index is 11.7. The van der Waals surface area contributed by atoms with Gasteiger partial charge in [0.1, 0.15) is 0 Å². The van der Waals surface area contributed by atoms with Crippen LogP contribution in [0.4, 0.5) is 5.69 Å². The predicted molar refractivity (Wildman–Crippen MR) is 74.5 cm³/mol. The summed E-state index contributed by atoms with van der Waals surface area (Å²) in [7, 11) is 0. The number of halogens is 1. The first-order valence-electron chi connectivity index (χ1n) is 5.96. The number of nitrogens with zero attached hydrogens (tertiary/aromatic N) is 1. The zero-order valence-electron chi connectivity index (χ0n) is 10.6. The number of benzene rings is 1. The molecule has 0 N–H and O–H groups in total. The second kappa shape index (κ2) is 4.45. The number of carbonyl (C=O) groups excluding carboxylic acids is 1.